The first-order chi connectivity index (χ1) is 7.62. The summed E-state index contributed by atoms with van der Waals surface area (Å²) in [4.78, 5) is 15.1. The maximum absolute atomic E-state index is 12.6. The van der Waals surface area contributed by atoms with Crippen LogP contribution in [0.3, 0.4) is 0 Å². The summed E-state index contributed by atoms with van der Waals surface area (Å²) in [6.07, 6.45) is -3.36. The predicted molar refractivity (Wildman–Crippen MR) is 60.9 cm³/mol. The molecule has 0 atom stereocenters. The smallest absolute Gasteiger partial charge is 0.309 e. The third-order valence-electron chi connectivity index (χ3n) is 1.88. The van der Waals surface area contributed by atoms with Gasteiger partial charge in [-0.3, -0.25) is 4.79 Å². The number of rotatable bonds is 2. The zero-order chi connectivity index (χ0) is 13.3. The Kier molecular flexibility index (Phi) is 3.81. The number of hydrogen-bond donors (Lipinski definition) is 1. The Balaban J connectivity index is 3.04. The number of nitrogens with zero attached hydrogens (tertiary/aromatic N) is 1. The Hall–Kier alpha value is -1.11. The van der Waals surface area contributed by atoms with Gasteiger partial charge in [0.15, 0.2) is 0 Å². The van der Waals surface area contributed by atoms with Gasteiger partial charge in [-0.1, -0.05) is 15.9 Å². The van der Waals surface area contributed by atoms with E-state index in [0.29, 0.717) is 0 Å². The van der Waals surface area contributed by atoms with E-state index in [1.165, 1.54) is 20.0 Å². The van der Waals surface area contributed by atoms with Gasteiger partial charge in [-0.15, -0.1) is 0 Å². The number of amides is 1. The average Bonchev–Trinajstić information content (AvgIpc) is 2.15. The second-order valence-corrected chi connectivity index (χ2v) is 5.81. The van der Waals surface area contributed by atoms with Gasteiger partial charge in [0.05, 0.1) is 9.89 Å². The van der Waals surface area contributed by atoms with Crippen molar-refractivity contribution in [2.75, 3.05) is 5.32 Å². The van der Waals surface area contributed by atoms with Crippen molar-refractivity contribution >= 4 is 27.7 Å². The summed E-state index contributed by atoms with van der Waals surface area (Å²) in [6, 6.07) is 2.03. The van der Waals surface area contributed by atoms with E-state index in [1.807, 2.05) is 0 Å². The number of aromatic nitrogens is 1. The van der Waals surface area contributed by atoms with Crippen LogP contribution in [-0.4, -0.2) is 15.2 Å². The summed E-state index contributed by atoms with van der Waals surface area (Å²) < 4.78 is 36.8. The number of nitrogens with one attached hydrogen (secondary N) is 1. The molecule has 1 rings (SSSR count). The van der Waals surface area contributed by atoms with E-state index in [9.17, 15) is 18.0 Å². The molecule has 0 aliphatic rings. The third-order valence-corrected chi connectivity index (χ3v) is 2.25. The molecule has 0 spiro atoms. The third kappa shape index (κ3) is 3.69. The SMILES string of the molecule is CC(C)(Br)C(=O)Nc1ncccc1C(F)(F)F. The molecule has 0 fully saturated rings. The molecular weight excluding hydrogens is 301 g/mol. The van der Waals surface area contributed by atoms with Crippen molar-refractivity contribution in [1.29, 1.82) is 0 Å². The van der Waals surface area contributed by atoms with Gasteiger partial charge in [0.2, 0.25) is 5.91 Å². The summed E-state index contributed by atoms with van der Waals surface area (Å²) in [5, 5.41) is 2.14. The fourth-order valence-corrected chi connectivity index (χ4v) is 1.09. The highest BCUT2D eigenvalue weighted by Gasteiger charge is 2.35. The van der Waals surface area contributed by atoms with Gasteiger partial charge < -0.3 is 5.32 Å². The van der Waals surface area contributed by atoms with E-state index in [0.717, 1.165) is 12.1 Å². The molecular formula is C10H10BrF3N2O. The molecule has 1 N–H and O–H groups in total. The maximum Gasteiger partial charge on any atom is 0.419 e. The van der Waals surface area contributed by atoms with Crippen LogP contribution < -0.4 is 5.32 Å². The lowest BCUT2D eigenvalue weighted by atomic mass is 10.2. The van der Waals surface area contributed by atoms with Crippen LogP contribution in [0.2, 0.25) is 0 Å². The van der Waals surface area contributed by atoms with Crippen molar-refractivity contribution in [3.05, 3.63) is 23.9 Å². The number of halogens is 4. The molecule has 0 unspecified atom stereocenters. The van der Waals surface area contributed by atoms with Gasteiger partial charge in [-0.05, 0) is 26.0 Å². The second-order valence-electron chi connectivity index (χ2n) is 3.82. The standard InChI is InChI=1S/C10H10BrF3N2O/c1-9(2,11)8(17)16-7-6(10(12,13)14)4-3-5-15-7/h3-5H,1-2H3,(H,15,16,17). The van der Waals surface area contributed by atoms with Crippen molar-refractivity contribution < 1.29 is 18.0 Å². The first-order valence-electron chi connectivity index (χ1n) is 4.65. The lowest BCUT2D eigenvalue weighted by molar-refractivity contribution is -0.137. The predicted octanol–water partition coefficient (Wildman–Crippen LogP) is 3.21. The first kappa shape index (κ1) is 14.0. The van der Waals surface area contributed by atoms with Crippen LogP contribution in [0.4, 0.5) is 19.0 Å². The van der Waals surface area contributed by atoms with E-state index in [2.05, 4.69) is 26.2 Å². The lowest BCUT2D eigenvalue weighted by Crippen LogP contribution is -2.32. The van der Waals surface area contributed by atoms with Crippen LogP contribution in [0.5, 0.6) is 0 Å². The molecule has 1 aromatic heterocycles. The highest BCUT2D eigenvalue weighted by molar-refractivity contribution is 9.10. The average molecular weight is 311 g/mol. The maximum atomic E-state index is 12.6. The molecule has 0 saturated carbocycles. The van der Waals surface area contributed by atoms with Crippen molar-refractivity contribution in [3.63, 3.8) is 0 Å². The molecule has 94 valence electrons. The van der Waals surface area contributed by atoms with E-state index in [-0.39, 0.29) is 0 Å². The number of carbonyl (C=O) groups is 1. The summed E-state index contributed by atoms with van der Waals surface area (Å²) in [6.45, 7) is 3.05. The summed E-state index contributed by atoms with van der Waals surface area (Å²) in [5.74, 6) is -1.08. The lowest BCUT2D eigenvalue weighted by Gasteiger charge is -2.17. The van der Waals surface area contributed by atoms with Gasteiger partial charge >= 0.3 is 6.18 Å². The van der Waals surface area contributed by atoms with E-state index < -0.39 is 27.8 Å². The van der Waals surface area contributed by atoms with E-state index in [4.69, 9.17) is 0 Å². The van der Waals surface area contributed by atoms with Crippen molar-refractivity contribution in [2.45, 2.75) is 24.3 Å². The molecule has 0 aliphatic carbocycles. The number of pyridine rings is 1. The Bertz CT molecular complexity index is 426. The van der Waals surface area contributed by atoms with Crippen LogP contribution in [0.15, 0.2) is 18.3 Å². The fraction of sp³-hybridized carbons (Fsp3) is 0.400. The van der Waals surface area contributed by atoms with Crippen molar-refractivity contribution in [2.24, 2.45) is 0 Å². The van der Waals surface area contributed by atoms with Gasteiger partial charge in [-0.25, -0.2) is 4.98 Å². The minimum Gasteiger partial charge on any atom is -0.309 e. The molecule has 0 aliphatic heterocycles. The normalized spacial score (nSPS) is 12.4. The summed E-state index contributed by atoms with van der Waals surface area (Å²) >= 11 is 3.06. The molecule has 7 heteroatoms. The molecule has 1 aromatic rings. The molecule has 3 nitrogen and oxygen atoms in total. The van der Waals surface area contributed by atoms with Crippen molar-refractivity contribution in [3.8, 4) is 0 Å². The van der Waals surface area contributed by atoms with Crippen LogP contribution in [0.25, 0.3) is 0 Å². The highest BCUT2D eigenvalue weighted by atomic mass is 79.9. The van der Waals surface area contributed by atoms with E-state index in [1.54, 1.807) is 0 Å². The zero-order valence-corrected chi connectivity index (χ0v) is 10.7. The fourth-order valence-electron chi connectivity index (χ4n) is 0.990. The number of carbonyl (C=O) groups excluding carboxylic acids is 1. The molecule has 1 heterocycles. The summed E-state index contributed by atoms with van der Waals surface area (Å²) in [7, 11) is 0. The van der Waals surface area contributed by atoms with Crippen molar-refractivity contribution in [1.82, 2.24) is 4.98 Å². The Morgan fingerprint density at radius 3 is 2.47 bits per heavy atom. The van der Waals surface area contributed by atoms with Crippen LogP contribution in [0, 0.1) is 0 Å². The Labute approximate surface area is 105 Å². The number of anilines is 1. The second kappa shape index (κ2) is 4.64. The molecule has 17 heavy (non-hydrogen) atoms. The Morgan fingerprint density at radius 1 is 1.41 bits per heavy atom. The van der Waals surface area contributed by atoms with Crippen LogP contribution >= 0.6 is 15.9 Å². The van der Waals surface area contributed by atoms with E-state index >= 15 is 0 Å². The van der Waals surface area contributed by atoms with Gasteiger partial charge in [0.25, 0.3) is 0 Å². The quantitative estimate of drug-likeness (QED) is 0.852. The molecule has 0 radical (unpaired) electrons. The number of alkyl halides is 4. The molecule has 0 aromatic carbocycles. The van der Waals surface area contributed by atoms with Crippen LogP contribution in [0.1, 0.15) is 19.4 Å². The first-order valence-corrected chi connectivity index (χ1v) is 5.44. The monoisotopic (exact) mass is 310 g/mol. The highest BCUT2D eigenvalue weighted by Crippen LogP contribution is 2.33. The topological polar surface area (TPSA) is 42.0 Å². The van der Waals surface area contributed by atoms with Gasteiger partial charge in [-0.2, -0.15) is 13.2 Å². The summed E-state index contributed by atoms with van der Waals surface area (Å²) in [5.41, 5.74) is -0.967. The molecule has 0 saturated heterocycles. The largest absolute Gasteiger partial charge is 0.419 e. The Morgan fingerprint density at radius 2 is 2.00 bits per heavy atom. The zero-order valence-electron chi connectivity index (χ0n) is 9.10. The minimum absolute atomic E-state index is 0.488. The van der Waals surface area contributed by atoms with Crippen LogP contribution in [-0.2, 0) is 11.0 Å². The molecule has 0 bridgehead atoms. The minimum atomic E-state index is -4.55. The molecule has 1 amide bonds. The number of hydrogen-bond acceptors (Lipinski definition) is 2. The van der Waals surface area contributed by atoms with Gasteiger partial charge in [0.1, 0.15) is 5.82 Å². The van der Waals surface area contributed by atoms with Gasteiger partial charge in [0, 0.05) is 6.20 Å².